The normalized spacial score (nSPS) is 8.92. The Kier molecular flexibility index (Phi) is 2.21. The van der Waals surface area contributed by atoms with Crippen molar-refractivity contribution in [3.8, 4) is 12.1 Å². The molecule has 0 aliphatic carbocycles. The van der Waals surface area contributed by atoms with Crippen molar-refractivity contribution < 1.29 is 0 Å². The van der Waals surface area contributed by atoms with Crippen LogP contribution in [0.25, 0.3) is 0 Å². The molecule has 0 atom stereocenters. The second kappa shape index (κ2) is 3.16. The standard InChI is InChI=1S/C10H9N3/c1-6-3-7(2)9(5-12)10(13)8(6)4-11/h3H,13H2,1-2H3. The maximum Gasteiger partial charge on any atom is 0.102 e. The van der Waals surface area contributed by atoms with Crippen molar-refractivity contribution in [3.63, 3.8) is 0 Å². The third kappa shape index (κ3) is 1.32. The van der Waals surface area contributed by atoms with Gasteiger partial charge in [0.05, 0.1) is 16.8 Å². The van der Waals surface area contributed by atoms with Crippen LogP contribution in [0.15, 0.2) is 6.07 Å². The van der Waals surface area contributed by atoms with Crippen LogP contribution in [-0.4, -0.2) is 0 Å². The number of aryl methyl sites for hydroxylation is 2. The van der Waals surface area contributed by atoms with Crippen LogP contribution in [0.3, 0.4) is 0 Å². The van der Waals surface area contributed by atoms with Gasteiger partial charge in [0.25, 0.3) is 0 Å². The van der Waals surface area contributed by atoms with Crippen LogP contribution in [0, 0.1) is 36.5 Å². The van der Waals surface area contributed by atoms with E-state index in [0.29, 0.717) is 16.8 Å². The van der Waals surface area contributed by atoms with Gasteiger partial charge in [0.15, 0.2) is 0 Å². The summed E-state index contributed by atoms with van der Waals surface area (Å²) in [5, 5.41) is 17.5. The minimum Gasteiger partial charge on any atom is -0.397 e. The first-order chi connectivity index (χ1) is 6.11. The van der Waals surface area contributed by atoms with Gasteiger partial charge in [0.1, 0.15) is 12.1 Å². The lowest BCUT2D eigenvalue weighted by atomic mass is 9.99. The highest BCUT2D eigenvalue weighted by Crippen LogP contribution is 2.23. The predicted molar refractivity (Wildman–Crippen MR) is 49.8 cm³/mol. The Bertz CT molecular complexity index is 395. The van der Waals surface area contributed by atoms with Crippen LogP contribution < -0.4 is 5.73 Å². The van der Waals surface area contributed by atoms with E-state index in [4.69, 9.17) is 16.3 Å². The number of nitrogen functional groups attached to an aromatic ring is 1. The number of nitrogens with zero attached hydrogens (tertiary/aromatic N) is 2. The molecule has 0 unspecified atom stereocenters. The molecule has 1 rings (SSSR count). The molecule has 0 aliphatic heterocycles. The average Bonchev–Trinajstić information content (AvgIpc) is 2.04. The van der Waals surface area contributed by atoms with E-state index in [1.807, 2.05) is 26.0 Å². The lowest BCUT2D eigenvalue weighted by Gasteiger charge is -2.06. The molecule has 0 amide bonds. The molecule has 3 nitrogen and oxygen atoms in total. The van der Waals surface area contributed by atoms with Gasteiger partial charge in [-0.05, 0) is 25.0 Å². The van der Waals surface area contributed by atoms with E-state index in [2.05, 4.69) is 0 Å². The first-order valence-corrected chi connectivity index (χ1v) is 3.81. The lowest BCUT2D eigenvalue weighted by Crippen LogP contribution is -1.99. The van der Waals surface area contributed by atoms with Crippen molar-refractivity contribution in [1.82, 2.24) is 0 Å². The number of rotatable bonds is 0. The third-order valence-corrected chi connectivity index (χ3v) is 1.98. The maximum atomic E-state index is 8.77. The zero-order valence-corrected chi connectivity index (χ0v) is 7.55. The van der Waals surface area contributed by atoms with Crippen molar-refractivity contribution in [2.75, 3.05) is 5.73 Å². The highest BCUT2D eigenvalue weighted by Gasteiger charge is 2.10. The maximum absolute atomic E-state index is 8.77. The van der Waals surface area contributed by atoms with Gasteiger partial charge in [0.2, 0.25) is 0 Å². The second-order valence-corrected chi connectivity index (χ2v) is 2.90. The molecule has 13 heavy (non-hydrogen) atoms. The summed E-state index contributed by atoms with van der Waals surface area (Å²) < 4.78 is 0. The minimum atomic E-state index is 0.294. The van der Waals surface area contributed by atoms with Gasteiger partial charge in [-0.1, -0.05) is 6.07 Å². The van der Waals surface area contributed by atoms with Crippen molar-refractivity contribution in [1.29, 1.82) is 10.5 Å². The molecule has 0 saturated heterocycles. The van der Waals surface area contributed by atoms with Crippen molar-refractivity contribution >= 4 is 5.69 Å². The zero-order chi connectivity index (χ0) is 10.0. The van der Waals surface area contributed by atoms with E-state index in [9.17, 15) is 0 Å². The fraction of sp³-hybridized carbons (Fsp3) is 0.200. The Morgan fingerprint density at radius 2 is 1.46 bits per heavy atom. The molecule has 3 heteroatoms. The first-order valence-electron chi connectivity index (χ1n) is 3.81. The SMILES string of the molecule is Cc1cc(C)c(C#N)c(N)c1C#N. The van der Waals surface area contributed by atoms with E-state index in [-0.39, 0.29) is 0 Å². The quantitative estimate of drug-likeness (QED) is 0.603. The molecule has 64 valence electrons. The fourth-order valence-corrected chi connectivity index (χ4v) is 1.32. The Hall–Kier alpha value is -2.00. The fourth-order valence-electron chi connectivity index (χ4n) is 1.32. The number of nitriles is 2. The highest BCUT2D eigenvalue weighted by atomic mass is 14.6. The van der Waals surface area contributed by atoms with E-state index in [0.717, 1.165) is 11.1 Å². The summed E-state index contributed by atoms with van der Waals surface area (Å²) in [6.07, 6.45) is 0. The topological polar surface area (TPSA) is 73.6 Å². The van der Waals surface area contributed by atoms with Crippen LogP contribution >= 0.6 is 0 Å². The Morgan fingerprint density at radius 1 is 1.08 bits per heavy atom. The Balaban J connectivity index is 3.63. The second-order valence-electron chi connectivity index (χ2n) is 2.90. The van der Waals surface area contributed by atoms with E-state index >= 15 is 0 Å². The lowest BCUT2D eigenvalue weighted by molar-refractivity contribution is 1.32. The number of hydrogen-bond acceptors (Lipinski definition) is 3. The average molecular weight is 171 g/mol. The van der Waals surface area contributed by atoms with Crippen molar-refractivity contribution in [3.05, 3.63) is 28.3 Å². The number of hydrogen-bond donors (Lipinski definition) is 1. The smallest absolute Gasteiger partial charge is 0.102 e. The zero-order valence-electron chi connectivity index (χ0n) is 7.55. The van der Waals surface area contributed by atoms with Gasteiger partial charge < -0.3 is 5.73 Å². The van der Waals surface area contributed by atoms with Crippen LogP contribution in [0.4, 0.5) is 5.69 Å². The monoisotopic (exact) mass is 171 g/mol. The molecule has 2 N–H and O–H groups in total. The van der Waals surface area contributed by atoms with Gasteiger partial charge >= 0.3 is 0 Å². The molecule has 0 fully saturated rings. The predicted octanol–water partition coefficient (Wildman–Crippen LogP) is 1.63. The third-order valence-electron chi connectivity index (χ3n) is 1.98. The molecule has 0 spiro atoms. The van der Waals surface area contributed by atoms with Crippen LogP contribution in [-0.2, 0) is 0 Å². The van der Waals surface area contributed by atoms with Crippen LogP contribution in [0.2, 0.25) is 0 Å². The summed E-state index contributed by atoms with van der Waals surface area (Å²) in [6, 6.07) is 5.78. The number of benzene rings is 1. The number of nitrogens with two attached hydrogens (primary N) is 1. The van der Waals surface area contributed by atoms with Crippen LogP contribution in [0.5, 0.6) is 0 Å². The molecule has 0 saturated carbocycles. The summed E-state index contributed by atoms with van der Waals surface area (Å²) in [5.41, 5.74) is 8.40. The molecule has 1 aromatic carbocycles. The molecule has 0 aromatic heterocycles. The molecule has 0 heterocycles. The van der Waals surface area contributed by atoms with Gasteiger partial charge in [-0.25, -0.2) is 0 Å². The summed E-state index contributed by atoms with van der Waals surface area (Å²) in [4.78, 5) is 0. The molecule has 0 aliphatic rings. The Labute approximate surface area is 77.0 Å². The van der Waals surface area contributed by atoms with E-state index < -0.39 is 0 Å². The summed E-state index contributed by atoms with van der Waals surface area (Å²) in [5.74, 6) is 0. The van der Waals surface area contributed by atoms with Crippen molar-refractivity contribution in [2.45, 2.75) is 13.8 Å². The Morgan fingerprint density at radius 3 is 1.77 bits per heavy atom. The van der Waals surface area contributed by atoms with E-state index in [1.54, 1.807) is 6.07 Å². The first kappa shape index (κ1) is 9.09. The van der Waals surface area contributed by atoms with Crippen LogP contribution in [0.1, 0.15) is 22.3 Å². The molecular formula is C10H9N3. The number of anilines is 1. The summed E-state index contributed by atoms with van der Waals surface area (Å²) in [6.45, 7) is 3.62. The molecular weight excluding hydrogens is 162 g/mol. The largest absolute Gasteiger partial charge is 0.397 e. The van der Waals surface area contributed by atoms with E-state index in [1.165, 1.54) is 0 Å². The minimum absolute atomic E-state index is 0.294. The molecule has 1 aromatic rings. The van der Waals surface area contributed by atoms with Gasteiger partial charge in [-0.2, -0.15) is 10.5 Å². The van der Waals surface area contributed by atoms with Gasteiger partial charge in [-0.3, -0.25) is 0 Å². The van der Waals surface area contributed by atoms with Gasteiger partial charge in [0, 0.05) is 0 Å². The van der Waals surface area contributed by atoms with Crippen molar-refractivity contribution in [2.24, 2.45) is 0 Å². The van der Waals surface area contributed by atoms with Gasteiger partial charge in [-0.15, -0.1) is 0 Å². The highest BCUT2D eigenvalue weighted by molar-refractivity contribution is 5.68. The summed E-state index contributed by atoms with van der Waals surface area (Å²) >= 11 is 0. The summed E-state index contributed by atoms with van der Waals surface area (Å²) in [7, 11) is 0. The molecule has 0 bridgehead atoms. The molecule has 0 radical (unpaired) electrons.